The van der Waals surface area contributed by atoms with Gasteiger partial charge in [-0.2, -0.15) is 13.2 Å². The van der Waals surface area contributed by atoms with Crippen LogP contribution in [0.3, 0.4) is 0 Å². The van der Waals surface area contributed by atoms with Gasteiger partial charge in [0, 0.05) is 11.8 Å². The van der Waals surface area contributed by atoms with Gasteiger partial charge in [0.2, 0.25) is 0 Å². The van der Waals surface area contributed by atoms with E-state index in [0.717, 1.165) is 27.6 Å². The summed E-state index contributed by atoms with van der Waals surface area (Å²) in [6.07, 6.45) is -0.223. The Hall–Kier alpha value is -3.15. The van der Waals surface area contributed by atoms with Crippen molar-refractivity contribution < 1.29 is 18.0 Å². The minimum Gasteiger partial charge on any atom is -0.344 e. The molecule has 0 bridgehead atoms. The molecular weight excluding hydrogens is 401 g/mol. The number of rotatable bonds is 4. The summed E-state index contributed by atoms with van der Waals surface area (Å²) in [4.78, 5) is 17.0. The zero-order chi connectivity index (χ0) is 22.0. The van der Waals surface area contributed by atoms with Crippen molar-refractivity contribution >= 4 is 22.3 Å². The summed E-state index contributed by atoms with van der Waals surface area (Å²) < 4.78 is 38.9. The molecule has 0 spiro atoms. The van der Waals surface area contributed by atoms with Crippen molar-refractivity contribution in [1.29, 1.82) is 0 Å². The number of nitrogens with one attached hydrogen (secondary N) is 1. The van der Waals surface area contributed by atoms with Crippen LogP contribution in [0, 0.1) is 5.92 Å². The summed E-state index contributed by atoms with van der Waals surface area (Å²) in [6.45, 7) is 1.88. The summed E-state index contributed by atoms with van der Waals surface area (Å²) in [5.41, 5.74) is 3.18. The van der Waals surface area contributed by atoms with Crippen LogP contribution < -0.4 is 5.32 Å². The van der Waals surface area contributed by atoms with Gasteiger partial charge < -0.3 is 5.32 Å². The zero-order valence-corrected chi connectivity index (χ0v) is 17.1. The summed E-state index contributed by atoms with van der Waals surface area (Å²) in [6, 6.07) is 16.5. The number of hydrogen-bond donors (Lipinski definition) is 1. The molecule has 1 aliphatic carbocycles. The highest BCUT2D eigenvalue weighted by Crippen LogP contribution is 2.40. The number of pyridine rings is 1. The predicted molar refractivity (Wildman–Crippen MR) is 115 cm³/mol. The third-order valence-corrected chi connectivity index (χ3v) is 5.84. The van der Waals surface area contributed by atoms with Crippen LogP contribution in [0.5, 0.6) is 0 Å². The van der Waals surface area contributed by atoms with Gasteiger partial charge in [-0.05, 0) is 72.4 Å². The minimum atomic E-state index is -4.14. The first kappa shape index (κ1) is 21.1. The van der Waals surface area contributed by atoms with Gasteiger partial charge in [-0.1, -0.05) is 36.4 Å². The van der Waals surface area contributed by atoms with E-state index in [1.165, 1.54) is 0 Å². The van der Waals surface area contributed by atoms with Crippen LogP contribution in [-0.2, 0) is 0 Å². The number of fused-ring (bicyclic) bond motifs is 1. The summed E-state index contributed by atoms with van der Waals surface area (Å²) in [5.74, 6) is -1.46. The van der Waals surface area contributed by atoms with Crippen LogP contribution >= 0.6 is 0 Å². The van der Waals surface area contributed by atoms with Crippen LogP contribution in [0.25, 0.3) is 16.3 Å². The third-order valence-electron chi connectivity index (χ3n) is 5.84. The van der Waals surface area contributed by atoms with Crippen LogP contribution in [0.2, 0.25) is 0 Å². The van der Waals surface area contributed by atoms with Crippen molar-refractivity contribution in [2.75, 3.05) is 0 Å². The smallest absolute Gasteiger partial charge is 0.344 e. The summed E-state index contributed by atoms with van der Waals surface area (Å²) in [5, 5.41) is 4.78. The topological polar surface area (TPSA) is 42.0 Å². The van der Waals surface area contributed by atoms with Crippen molar-refractivity contribution in [1.82, 2.24) is 10.3 Å². The quantitative estimate of drug-likeness (QED) is 0.521. The molecule has 31 heavy (non-hydrogen) atoms. The third kappa shape index (κ3) is 4.63. The molecule has 6 heteroatoms. The predicted octanol–water partition coefficient (Wildman–Crippen LogP) is 6.47. The van der Waals surface area contributed by atoms with E-state index >= 15 is 0 Å². The van der Waals surface area contributed by atoms with Gasteiger partial charge in [0.25, 0.3) is 5.91 Å². The molecule has 160 valence electrons. The summed E-state index contributed by atoms with van der Waals surface area (Å²) in [7, 11) is 0. The Kier molecular flexibility index (Phi) is 5.81. The van der Waals surface area contributed by atoms with Gasteiger partial charge in [-0.3, -0.25) is 9.78 Å². The number of alkyl halides is 3. The first-order valence-corrected chi connectivity index (χ1v) is 10.3. The van der Waals surface area contributed by atoms with Gasteiger partial charge >= 0.3 is 6.18 Å². The Morgan fingerprint density at radius 3 is 2.65 bits per heavy atom. The lowest BCUT2D eigenvalue weighted by Gasteiger charge is -2.24. The summed E-state index contributed by atoms with van der Waals surface area (Å²) >= 11 is 0. The number of benzene rings is 2. The molecule has 0 fully saturated rings. The van der Waals surface area contributed by atoms with Crippen molar-refractivity contribution in [2.24, 2.45) is 5.92 Å². The van der Waals surface area contributed by atoms with Crippen molar-refractivity contribution in [3.63, 3.8) is 0 Å². The van der Waals surface area contributed by atoms with Gasteiger partial charge in [0.15, 0.2) is 0 Å². The second-order valence-corrected chi connectivity index (χ2v) is 7.93. The van der Waals surface area contributed by atoms with Crippen LogP contribution in [-0.4, -0.2) is 17.1 Å². The standard InChI is InChI=1S/C25H23F3N2O/c1-16(23-7-2-3-14-29-23)30-24(31)19-10-13-22-18(15-19)5-4-6-21(22)17-8-11-20(12-9-17)25(26,27)28/h2-8,10,13-16,20H,9,11-12H2,1H3,(H,30,31)/t16-,20?/m0/s1. The Balaban J connectivity index is 1.56. The maximum absolute atomic E-state index is 13.0. The average molecular weight is 424 g/mol. The van der Waals surface area contributed by atoms with Crippen LogP contribution in [0.4, 0.5) is 13.2 Å². The molecule has 1 unspecified atom stereocenters. The van der Waals surface area contributed by atoms with Crippen molar-refractivity contribution in [3.8, 4) is 0 Å². The molecule has 0 aliphatic heterocycles. The Labute approximate surface area is 179 Å². The monoisotopic (exact) mass is 424 g/mol. The number of carbonyl (C=O) groups excluding carboxylic acids is 1. The Morgan fingerprint density at radius 2 is 1.97 bits per heavy atom. The Morgan fingerprint density at radius 1 is 1.13 bits per heavy atom. The van der Waals surface area contributed by atoms with Gasteiger partial charge in [0.05, 0.1) is 17.7 Å². The molecule has 3 nitrogen and oxygen atoms in total. The van der Waals surface area contributed by atoms with E-state index in [4.69, 9.17) is 0 Å². The van der Waals surface area contributed by atoms with E-state index in [9.17, 15) is 18.0 Å². The van der Waals surface area contributed by atoms with Crippen molar-refractivity contribution in [2.45, 2.75) is 38.4 Å². The van der Waals surface area contributed by atoms with E-state index in [1.807, 2.05) is 55.5 Å². The van der Waals surface area contributed by atoms with Gasteiger partial charge in [-0.15, -0.1) is 0 Å². The first-order valence-electron chi connectivity index (χ1n) is 10.3. The van der Waals surface area contributed by atoms with Crippen molar-refractivity contribution in [3.05, 3.63) is 83.7 Å². The normalized spacial score (nSPS) is 17.8. The van der Waals surface area contributed by atoms with E-state index < -0.39 is 12.1 Å². The maximum atomic E-state index is 13.0. The lowest BCUT2D eigenvalue weighted by atomic mass is 9.84. The van der Waals surface area contributed by atoms with E-state index in [1.54, 1.807) is 18.3 Å². The number of carbonyl (C=O) groups is 1. The molecule has 1 aliphatic rings. The fourth-order valence-corrected chi connectivity index (χ4v) is 4.07. The molecule has 0 saturated heterocycles. The van der Waals surface area contributed by atoms with Crippen LogP contribution in [0.15, 0.2) is 66.9 Å². The number of aromatic nitrogens is 1. The second kappa shape index (κ2) is 8.53. The highest BCUT2D eigenvalue weighted by Gasteiger charge is 2.39. The highest BCUT2D eigenvalue weighted by molar-refractivity contribution is 6.01. The molecule has 1 N–H and O–H groups in total. The largest absolute Gasteiger partial charge is 0.392 e. The SMILES string of the molecule is C[C@H](NC(=O)c1ccc2c(C3=CCC(C(F)(F)F)CC3)cccc2c1)c1ccccn1. The molecular formula is C25H23F3N2O. The fourth-order valence-electron chi connectivity index (χ4n) is 4.07. The molecule has 4 rings (SSSR count). The molecule has 1 amide bonds. The van der Waals surface area contributed by atoms with Gasteiger partial charge in [0.1, 0.15) is 0 Å². The molecule has 1 aromatic heterocycles. The number of allylic oxidation sites excluding steroid dienone is 2. The number of amides is 1. The van der Waals surface area contributed by atoms with E-state index in [0.29, 0.717) is 12.0 Å². The van der Waals surface area contributed by atoms with E-state index in [-0.39, 0.29) is 24.8 Å². The first-order chi connectivity index (χ1) is 14.8. The minimum absolute atomic E-state index is 0.0150. The number of hydrogen-bond acceptors (Lipinski definition) is 2. The second-order valence-electron chi connectivity index (χ2n) is 7.93. The molecule has 0 saturated carbocycles. The zero-order valence-electron chi connectivity index (χ0n) is 17.1. The fraction of sp³-hybridized carbons (Fsp3) is 0.280. The number of halogens is 3. The Bertz CT molecular complexity index is 1120. The highest BCUT2D eigenvalue weighted by atomic mass is 19.4. The average Bonchev–Trinajstić information content (AvgIpc) is 2.78. The van der Waals surface area contributed by atoms with Crippen LogP contribution in [0.1, 0.15) is 53.8 Å². The molecule has 2 atom stereocenters. The maximum Gasteiger partial charge on any atom is 0.392 e. The number of nitrogens with zero attached hydrogens (tertiary/aromatic N) is 1. The lowest BCUT2D eigenvalue weighted by molar-refractivity contribution is -0.175. The van der Waals surface area contributed by atoms with E-state index in [2.05, 4.69) is 10.3 Å². The molecule has 3 aromatic rings. The molecule has 2 aromatic carbocycles. The lowest BCUT2D eigenvalue weighted by Crippen LogP contribution is -2.27. The van der Waals surface area contributed by atoms with Gasteiger partial charge in [-0.25, -0.2) is 0 Å². The molecule has 1 heterocycles. The molecule has 0 radical (unpaired) electrons.